The molecule has 0 aliphatic rings. The highest BCUT2D eigenvalue weighted by atomic mass is 16.5. The summed E-state index contributed by atoms with van der Waals surface area (Å²) in [6.07, 6.45) is 0.0738. The van der Waals surface area contributed by atoms with Crippen molar-refractivity contribution in [3.8, 4) is 0 Å². The molecule has 13 heavy (non-hydrogen) atoms. The maximum absolute atomic E-state index is 10.5. The van der Waals surface area contributed by atoms with Crippen LogP contribution >= 0.6 is 0 Å². The van der Waals surface area contributed by atoms with Crippen molar-refractivity contribution in [1.29, 1.82) is 0 Å². The number of carbonyl (C=O) groups excluding carboxylic acids is 1. The van der Waals surface area contributed by atoms with Crippen LogP contribution in [0.2, 0.25) is 0 Å². The van der Waals surface area contributed by atoms with Crippen molar-refractivity contribution in [2.24, 2.45) is 5.84 Å². The lowest BCUT2D eigenvalue weighted by Gasteiger charge is -2.02. The molecular weight excluding hydrogens is 168 g/mol. The van der Waals surface area contributed by atoms with E-state index in [1.807, 2.05) is 29.7 Å². The molecule has 0 saturated heterocycles. The molecule has 69 valence electrons. The highest BCUT2D eigenvalue weighted by Crippen LogP contribution is 1.98. The number of hydrogen-bond acceptors (Lipinski definition) is 3. The van der Waals surface area contributed by atoms with E-state index >= 15 is 0 Å². The number of nitrogens with two attached hydrogens (primary N) is 1. The Morgan fingerprint density at radius 2 is 2.23 bits per heavy atom. The molecule has 0 spiro atoms. The zero-order valence-corrected chi connectivity index (χ0v) is 7.12. The fourth-order valence-corrected chi connectivity index (χ4v) is 0.891. The minimum Gasteiger partial charge on any atom is -0.448 e. The summed E-state index contributed by atoms with van der Waals surface area (Å²) in [6, 6.07) is 10.4. The standard InChI is InChI=1S/C9H11N2O2/c10-11-9(12)13-7-6-8-4-2-1-3-5-8/h2-5H,6-7,10H2,(H,11,12). The molecule has 4 nitrogen and oxygen atoms in total. The summed E-state index contributed by atoms with van der Waals surface area (Å²) in [7, 11) is 0. The van der Waals surface area contributed by atoms with Crippen LogP contribution in [0.4, 0.5) is 4.79 Å². The molecule has 0 aromatic heterocycles. The van der Waals surface area contributed by atoms with Gasteiger partial charge in [-0.2, -0.15) is 0 Å². The van der Waals surface area contributed by atoms with Crippen LogP contribution in [0.3, 0.4) is 0 Å². The summed E-state index contributed by atoms with van der Waals surface area (Å²) in [6.45, 7) is 0.326. The Labute approximate surface area is 76.7 Å². The van der Waals surface area contributed by atoms with Gasteiger partial charge in [0.25, 0.3) is 0 Å². The van der Waals surface area contributed by atoms with Crippen LogP contribution < -0.4 is 11.3 Å². The number of amides is 1. The van der Waals surface area contributed by atoms with Crippen molar-refractivity contribution < 1.29 is 9.53 Å². The highest BCUT2D eigenvalue weighted by molar-refractivity contribution is 5.66. The second kappa shape index (κ2) is 5.16. The normalized spacial score (nSPS) is 9.31. The summed E-state index contributed by atoms with van der Waals surface area (Å²) in [5.74, 6) is 4.82. The second-order valence-electron chi connectivity index (χ2n) is 2.44. The van der Waals surface area contributed by atoms with Crippen molar-refractivity contribution in [3.05, 3.63) is 35.9 Å². The Kier molecular flexibility index (Phi) is 3.78. The molecule has 1 rings (SSSR count). The Morgan fingerprint density at radius 3 is 2.85 bits per heavy atom. The van der Waals surface area contributed by atoms with Gasteiger partial charge in [0.15, 0.2) is 0 Å². The van der Waals surface area contributed by atoms with E-state index in [1.165, 1.54) is 0 Å². The van der Waals surface area contributed by atoms with Crippen molar-refractivity contribution in [2.75, 3.05) is 6.61 Å². The minimum absolute atomic E-state index is 0.326. The topological polar surface area (TPSA) is 64.3 Å². The number of rotatable bonds is 3. The maximum Gasteiger partial charge on any atom is 0.421 e. The van der Waals surface area contributed by atoms with Crippen molar-refractivity contribution >= 4 is 6.09 Å². The van der Waals surface area contributed by atoms with Gasteiger partial charge in [-0.05, 0) is 11.6 Å². The van der Waals surface area contributed by atoms with Gasteiger partial charge in [-0.15, -0.1) is 0 Å². The lowest BCUT2D eigenvalue weighted by molar-refractivity contribution is 0.147. The van der Waals surface area contributed by atoms with E-state index in [2.05, 4.69) is 6.07 Å². The first-order chi connectivity index (χ1) is 6.33. The van der Waals surface area contributed by atoms with Gasteiger partial charge in [0.1, 0.15) is 0 Å². The van der Waals surface area contributed by atoms with Crippen LogP contribution in [0, 0.1) is 6.07 Å². The lowest BCUT2D eigenvalue weighted by atomic mass is 10.2. The molecule has 3 N–H and O–H groups in total. The summed E-state index contributed by atoms with van der Waals surface area (Å²) >= 11 is 0. The molecular formula is C9H11N2O2. The second-order valence-corrected chi connectivity index (χ2v) is 2.44. The van der Waals surface area contributed by atoms with Crippen LogP contribution in [0.15, 0.2) is 24.3 Å². The molecule has 0 atom stereocenters. The number of benzene rings is 1. The van der Waals surface area contributed by atoms with Crippen LogP contribution in [0.25, 0.3) is 0 Å². The van der Waals surface area contributed by atoms with Gasteiger partial charge in [0.2, 0.25) is 0 Å². The molecule has 0 aliphatic carbocycles. The van der Waals surface area contributed by atoms with Gasteiger partial charge in [-0.25, -0.2) is 10.6 Å². The van der Waals surface area contributed by atoms with E-state index in [1.54, 1.807) is 0 Å². The smallest absolute Gasteiger partial charge is 0.421 e. The van der Waals surface area contributed by atoms with E-state index in [0.717, 1.165) is 5.56 Å². The summed E-state index contributed by atoms with van der Waals surface area (Å²) in [5.41, 5.74) is 2.98. The number of carbonyl (C=O) groups is 1. The Morgan fingerprint density at radius 1 is 1.54 bits per heavy atom. The largest absolute Gasteiger partial charge is 0.448 e. The predicted molar refractivity (Wildman–Crippen MR) is 47.7 cm³/mol. The van der Waals surface area contributed by atoms with Crippen molar-refractivity contribution in [1.82, 2.24) is 5.43 Å². The fraction of sp³-hybridized carbons (Fsp3) is 0.222. The van der Waals surface area contributed by atoms with E-state index in [0.29, 0.717) is 13.0 Å². The molecule has 0 fully saturated rings. The molecule has 1 amide bonds. The zero-order chi connectivity index (χ0) is 9.52. The SMILES string of the molecule is NNC(=O)OCCc1cc[c]cc1. The van der Waals surface area contributed by atoms with Crippen molar-refractivity contribution in [3.63, 3.8) is 0 Å². The maximum atomic E-state index is 10.5. The molecule has 0 saturated carbocycles. The van der Waals surface area contributed by atoms with E-state index < -0.39 is 6.09 Å². The quantitative estimate of drug-likeness (QED) is 0.406. The molecule has 1 aromatic rings. The van der Waals surface area contributed by atoms with Gasteiger partial charge in [0.05, 0.1) is 6.61 Å². The average molecular weight is 179 g/mol. The third kappa shape index (κ3) is 3.57. The van der Waals surface area contributed by atoms with E-state index in [4.69, 9.17) is 10.6 Å². The summed E-state index contributed by atoms with van der Waals surface area (Å²) < 4.78 is 4.71. The van der Waals surface area contributed by atoms with E-state index in [9.17, 15) is 4.79 Å². The van der Waals surface area contributed by atoms with Gasteiger partial charge in [0, 0.05) is 6.42 Å². The van der Waals surface area contributed by atoms with Crippen molar-refractivity contribution in [2.45, 2.75) is 6.42 Å². The number of nitrogens with one attached hydrogen (secondary N) is 1. The van der Waals surface area contributed by atoms with Crippen LogP contribution in [0.1, 0.15) is 5.56 Å². The Hall–Kier alpha value is -1.55. The molecule has 0 bridgehead atoms. The van der Waals surface area contributed by atoms with Gasteiger partial charge in [-0.1, -0.05) is 24.3 Å². The molecule has 0 heterocycles. The molecule has 0 aliphatic heterocycles. The van der Waals surface area contributed by atoms with Gasteiger partial charge >= 0.3 is 6.09 Å². The summed E-state index contributed by atoms with van der Waals surface area (Å²) in [5, 5.41) is 0. The van der Waals surface area contributed by atoms with Gasteiger partial charge in [-0.3, -0.25) is 5.43 Å². The molecule has 4 heteroatoms. The number of hydrogen-bond donors (Lipinski definition) is 2. The van der Waals surface area contributed by atoms with Crippen LogP contribution in [0.5, 0.6) is 0 Å². The monoisotopic (exact) mass is 179 g/mol. The lowest BCUT2D eigenvalue weighted by Crippen LogP contribution is -2.31. The fourth-order valence-electron chi connectivity index (χ4n) is 0.891. The third-order valence-corrected chi connectivity index (χ3v) is 1.53. The molecule has 0 unspecified atom stereocenters. The Balaban J connectivity index is 2.24. The third-order valence-electron chi connectivity index (χ3n) is 1.53. The van der Waals surface area contributed by atoms with E-state index in [-0.39, 0.29) is 0 Å². The first kappa shape index (κ1) is 9.54. The molecule has 1 radical (unpaired) electrons. The first-order valence-corrected chi connectivity index (χ1v) is 3.91. The zero-order valence-electron chi connectivity index (χ0n) is 7.12. The molecule has 1 aromatic carbocycles. The first-order valence-electron chi connectivity index (χ1n) is 3.91. The van der Waals surface area contributed by atoms with Crippen LogP contribution in [-0.2, 0) is 11.2 Å². The highest BCUT2D eigenvalue weighted by Gasteiger charge is 1.97. The average Bonchev–Trinajstić information content (AvgIpc) is 2.19. The summed E-state index contributed by atoms with van der Waals surface area (Å²) in [4.78, 5) is 10.5. The number of hydrazine groups is 1. The minimum atomic E-state index is -0.609. The Bertz CT molecular complexity index is 262. The van der Waals surface area contributed by atoms with Crippen LogP contribution in [-0.4, -0.2) is 12.7 Å². The number of ether oxygens (including phenoxy) is 1. The predicted octanol–water partition coefficient (Wildman–Crippen LogP) is 0.629. The van der Waals surface area contributed by atoms with Gasteiger partial charge < -0.3 is 4.74 Å².